The van der Waals surface area contributed by atoms with Gasteiger partial charge in [0.25, 0.3) is 0 Å². The molecule has 0 aliphatic rings. The predicted molar refractivity (Wildman–Crippen MR) is 84.3 cm³/mol. The molecule has 0 spiro atoms. The van der Waals surface area contributed by atoms with E-state index >= 15 is 0 Å². The molecule has 0 saturated carbocycles. The normalized spacial score (nSPS) is 14.3. The van der Waals surface area contributed by atoms with E-state index in [1.54, 1.807) is 12.3 Å². The highest BCUT2D eigenvalue weighted by molar-refractivity contribution is 5.34. The van der Waals surface area contributed by atoms with Gasteiger partial charge in [-0.25, -0.2) is 0 Å². The maximum absolute atomic E-state index is 10.0. The van der Waals surface area contributed by atoms with E-state index in [0.29, 0.717) is 5.75 Å². The Balaban J connectivity index is 2.07. The largest absolute Gasteiger partial charge is 0.508 e. The minimum Gasteiger partial charge on any atom is -0.508 e. The SMILES string of the molecule is CCC(NCC(c1ccco1)N(C)C)c1ccccc1O. The van der Waals surface area contributed by atoms with Crippen molar-refractivity contribution >= 4 is 0 Å². The summed E-state index contributed by atoms with van der Waals surface area (Å²) in [6.45, 7) is 2.87. The molecule has 4 heteroatoms. The summed E-state index contributed by atoms with van der Waals surface area (Å²) < 4.78 is 5.52. The zero-order chi connectivity index (χ0) is 15.2. The van der Waals surface area contributed by atoms with Crippen molar-refractivity contribution in [1.82, 2.24) is 10.2 Å². The molecule has 0 bridgehead atoms. The van der Waals surface area contributed by atoms with Crippen LogP contribution in [0.4, 0.5) is 0 Å². The highest BCUT2D eigenvalue weighted by Crippen LogP contribution is 2.27. The molecule has 0 aliphatic heterocycles. The van der Waals surface area contributed by atoms with Crippen LogP contribution >= 0.6 is 0 Å². The van der Waals surface area contributed by atoms with Gasteiger partial charge in [0.2, 0.25) is 0 Å². The molecule has 0 aliphatic carbocycles. The molecule has 1 aromatic carbocycles. The summed E-state index contributed by atoms with van der Waals surface area (Å²) in [5.74, 6) is 1.29. The number of likely N-dealkylation sites (N-methyl/N-ethyl adjacent to an activating group) is 1. The van der Waals surface area contributed by atoms with Crippen LogP contribution in [0.3, 0.4) is 0 Å². The van der Waals surface area contributed by atoms with Gasteiger partial charge in [-0.1, -0.05) is 25.1 Å². The third kappa shape index (κ3) is 3.86. The Morgan fingerprint density at radius 2 is 1.95 bits per heavy atom. The summed E-state index contributed by atoms with van der Waals surface area (Å²) in [4.78, 5) is 2.13. The van der Waals surface area contributed by atoms with Crippen molar-refractivity contribution in [3.63, 3.8) is 0 Å². The van der Waals surface area contributed by atoms with Crippen LogP contribution in [-0.2, 0) is 0 Å². The lowest BCUT2D eigenvalue weighted by Gasteiger charge is -2.26. The van der Waals surface area contributed by atoms with Gasteiger partial charge in [-0.3, -0.25) is 4.90 Å². The second kappa shape index (κ2) is 7.29. The van der Waals surface area contributed by atoms with Gasteiger partial charge in [-0.05, 0) is 38.7 Å². The number of hydrogen-bond acceptors (Lipinski definition) is 4. The van der Waals surface area contributed by atoms with Crippen molar-refractivity contribution in [1.29, 1.82) is 0 Å². The molecule has 2 rings (SSSR count). The molecule has 2 unspecified atom stereocenters. The minimum atomic E-state index is 0.128. The number of rotatable bonds is 7. The summed E-state index contributed by atoms with van der Waals surface area (Å²) in [7, 11) is 4.08. The zero-order valence-electron chi connectivity index (χ0n) is 12.9. The van der Waals surface area contributed by atoms with Crippen molar-refractivity contribution in [2.45, 2.75) is 25.4 Å². The second-order valence-corrected chi connectivity index (χ2v) is 5.42. The summed E-state index contributed by atoms with van der Waals surface area (Å²) in [5, 5.41) is 13.5. The average molecular weight is 288 g/mol. The average Bonchev–Trinajstić information content (AvgIpc) is 2.98. The lowest BCUT2D eigenvalue weighted by Crippen LogP contribution is -2.33. The van der Waals surface area contributed by atoms with Crippen molar-refractivity contribution in [3.05, 3.63) is 54.0 Å². The number of hydrogen-bond donors (Lipinski definition) is 2. The molecule has 114 valence electrons. The maximum atomic E-state index is 10.0. The van der Waals surface area contributed by atoms with E-state index in [2.05, 4.69) is 17.1 Å². The van der Waals surface area contributed by atoms with Crippen molar-refractivity contribution < 1.29 is 9.52 Å². The van der Waals surface area contributed by atoms with Crippen molar-refractivity contribution in [3.8, 4) is 5.75 Å². The molecule has 0 amide bonds. The van der Waals surface area contributed by atoms with Crippen LogP contribution in [0.15, 0.2) is 47.1 Å². The van der Waals surface area contributed by atoms with Gasteiger partial charge in [-0.2, -0.15) is 0 Å². The Hall–Kier alpha value is -1.78. The monoisotopic (exact) mass is 288 g/mol. The highest BCUT2D eigenvalue weighted by Gasteiger charge is 2.20. The predicted octanol–water partition coefficient (Wildman–Crippen LogP) is 3.33. The standard InChI is InChI=1S/C17H24N2O2/c1-4-14(13-8-5-6-9-16(13)20)18-12-15(19(2)3)17-10-7-11-21-17/h5-11,14-15,18,20H,4,12H2,1-3H3. The van der Waals surface area contributed by atoms with Crippen molar-refractivity contribution in [2.75, 3.05) is 20.6 Å². The van der Waals surface area contributed by atoms with E-state index in [1.807, 2.05) is 44.4 Å². The van der Waals surface area contributed by atoms with E-state index < -0.39 is 0 Å². The maximum Gasteiger partial charge on any atom is 0.122 e. The lowest BCUT2D eigenvalue weighted by molar-refractivity contribution is 0.242. The number of benzene rings is 1. The van der Waals surface area contributed by atoms with Gasteiger partial charge in [-0.15, -0.1) is 0 Å². The van der Waals surface area contributed by atoms with E-state index in [4.69, 9.17) is 4.42 Å². The summed E-state index contributed by atoms with van der Waals surface area (Å²) in [5.41, 5.74) is 0.942. The Morgan fingerprint density at radius 1 is 1.19 bits per heavy atom. The van der Waals surface area contributed by atoms with Gasteiger partial charge < -0.3 is 14.8 Å². The van der Waals surface area contributed by atoms with E-state index in [-0.39, 0.29) is 12.1 Å². The first-order valence-electron chi connectivity index (χ1n) is 7.34. The number of nitrogens with zero attached hydrogens (tertiary/aromatic N) is 1. The van der Waals surface area contributed by atoms with Crippen LogP contribution in [0.2, 0.25) is 0 Å². The van der Waals surface area contributed by atoms with Gasteiger partial charge in [0.05, 0.1) is 12.3 Å². The number of nitrogens with one attached hydrogen (secondary N) is 1. The van der Waals surface area contributed by atoms with E-state index in [0.717, 1.165) is 24.3 Å². The fourth-order valence-electron chi connectivity index (χ4n) is 2.53. The highest BCUT2D eigenvalue weighted by atomic mass is 16.3. The Labute approximate surface area is 126 Å². The van der Waals surface area contributed by atoms with Crippen molar-refractivity contribution in [2.24, 2.45) is 0 Å². The molecule has 2 N–H and O–H groups in total. The molecule has 0 fully saturated rings. The summed E-state index contributed by atoms with van der Waals surface area (Å²) in [6.07, 6.45) is 2.61. The Kier molecular flexibility index (Phi) is 5.42. The molecule has 0 radical (unpaired) electrons. The first-order valence-corrected chi connectivity index (χ1v) is 7.34. The fraction of sp³-hybridized carbons (Fsp3) is 0.412. The van der Waals surface area contributed by atoms with Crippen LogP contribution in [0.1, 0.15) is 36.8 Å². The topological polar surface area (TPSA) is 48.6 Å². The number of furan rings is 1. The summed E-state index contributed by atoms with van der Waals surface area (Å²) >= 11 is 0. The third-order valence-electron chi connectivity index (χ3n) is 3.77. The molecule has 2 aromatic rings. The minimum absolute atomic E-state index is 0.128. The first kappa shape index (κ1) is 15.6. The molecular weight excluding hydrogens is 264 g/mol. The Bertz CT molecular complexity index is 537. The quantitative estimate of drug-likeness (QED) is 0.820. The van der Waals surface area contributed by atoms with Gasteiger partial charge in [0.15, 0.2) is 0 Å². The van der Waals surface area contributed by atoms with Crippen LogP contribution in [0.25, 0.3) is 0 Å². The molecule has 1 heterocycles. The number of phenols is 1. The van der Waals surface area contributed by atoms with Crippen LogP contribution in [0.5, 0.6) is 5.75 Å². The fourth-order valence-corrected chi connectivity index (χ4v) is 2.53. The Morgan fingerprint density at radius 3 is 2.52 bits per heavy atom. The van der Waals surface area contributed by atoms with E-state index in [1.165, 1.54) is 0 Å². The number of aromatic hydroxyl groups is 1. The molecule has 1 aromatic heterocycles. The van der Waals surface area contributed by atoms with Gasteiger partial charge >= 0.3 is 0 Å². The number of para-hydroxylation sites is 1. The molecule has 0 saturated heterocycles. The van der Waals surface area contributed by atoms with Gasteiger partial charge in [0, 0.05) is 18.2 Å². The third-order valence-corrected chi connectivity index (χ3v) is 3.77. The molecule has 4 nitrogen and oxygen atoms in total. The molecule has 2 atom stereocenters. The summed E-state index contributed by atoms with van der Waals surface area (Å²) in [6, 6.07) is 11.7. The lowest BCUT2D eigenvalue weighted by atomic mass is 10.0. The van der Waals surface area contributed by atoms with Crippen LogP contribution in [-0.4, -0.2) is 30.6 Å². The zero-order valence-corrected chi connectivity index (χ0v) is 12.9. The van der Waals surface area contributed by atoms with Crippen LogP contribution < -0.4 is 5.32 Å². The smallest absolute Gasteiger partial charge is 0.122 e. The molecule has 21 heavy (non-hydrogen) atoms. The second-order valence-electron chi connectivity index (χ2n) is 5.42. The first-order chi connectivity index (χ1) is 10.1. The van der Waals surface area contributed by atoms with Crippen LogP contribution in [0, 0.1) is 0 Å². The number of phenolic OH excluding ortho intramolecular Hbond substituents is 1. The van der Waals surface area contributed by atoms with Gasteiger partial charge in [0.1, 0.15) is 11.5 Å². The van der Waals surface area contributed by atoms with E-state index in [9.17, 15) is 5.11 Å². The molecular formula is C17H24N2O2.